The zero-order valence-electron chi connectivity index (χ0n) is 29.4. The van der Waals surface area contributed by atoms with Crippen LogP contribution in [0.5, 0.6) is 0 Å². The third kappa shape index (κ3) is 49.2. The van der Waals surface area contributed by atoms with Crippen molar-refractivity contribution in [2.24, 2.45) is 0 Å². The summed E-state index contributed by atoms with van der Waals surface area (Å²) in [6.07, 6.45) is 62.3. The molecule has 0 aliphatic rings. The summed E-state index contributed by atoms with van der Waals surface area (Å²) in [6, 6.07) is 0. The van der Waals surface area contributed by atoms with Crippen LogP contribution in [0.15, 0.2) is 134 Å². The molecule has 0 atom stereocenters. The molecule has 0 aliphatic heterocycles. The van der Waals surface area contributed by atoms with Crippen LogP contribution in [-0.2, 0) is 9.59 Å². The lowest BCUT2D eigenvalue weighted by Crippen LogP contribution is -1.92. The molecule has 0 unspecified atom stereocenters. The highest BCUT2D eigenvalue weighted by Crippen LogP contribution is 2.00. The Balaban J connectivity index is 0. The number of rotatable bonds is 28. The van der Waals surface area contributed by atoms with E-state index in [2.05, 4.69) is 135 Å². The van der Waals surface area contributed by atoms with Gasteiger partial charge in [0.1, 0.15) is 0 Å². The standard InChI is InChI=1S/C22H32O2.C21H32O2/c1-2-3-4-5-6-7-8-9-10-11-12-13-14-15-16-17-18-19-20-21-22(23)24;1-2-3-4-5-6-7-8-9-10-11-12-13-14-15-16-17-18-19-20-21(22)23/h3-4,6-7,9-10,12-13,15-16,18-19H,2,5,8,11,14,17,20-21H2,1H3,(H,23,24);4-5,7-8,10-11,13-14,16-17H,2-3,6,9,12,15,18-20H2,1H3,(H,22,23)/b4-3-,7-6-,10-9-,13-12-,16-15-,19-18-;5-4+,8-7+,11-10+,14-13+,17-16+. The van der Waals surface area contributed by atoms with E-state index in [9.17, 15) is 9.59 Å². The third-order valence-corrected chi connectivity index (χ3v) is 6.26. The number of unbranched alkanes of at least 4 members (excludes halogenated alkanes) is 2. The van der Waals surface area contributed by atoms with E-state index >= 15 is 0 Å². The van der Waals surface area contributed by atoms with Gasteiger partial charge in [-0.1, -0.05) is 154 Å². The largest absolute Gasteiger partial charge is 0.481 e. The Hall–Kier alpha value is -3.92. The number of carboxylic acid groups (broad SMARTS) is 2. The van der Waals surface area contributed by atoms with Crippen molar-refractivity contribution < 1.29 is 19.8 Å². The highest BCUT2D eigenvalue weighted by molar-refractivity contribution is 5.67. The van der Waals surface area contributed by atoms with Gasteiger partial charge in [0.25, 0.3) is 0 Å². The Kier molecular flexibility index (Phi) is 40.5. The highest BCUT2D eigenvalue weighted by atomic mass is 16.4. The fourth-order valence-electron chi connectivity index (χ4n) is 3.70. The van der Waals surface area contributed by atoms with E-state index in [4.69, 9.17) is 10.2 Å². The van der Waals surface area contributed by atoms with Crippen LogP contribution in [0, 0.1) is 0 Å². The van der Waals surface area contributed by atoms with Gasteiger partial charge in [0.15, 0.2) is 0 Å². The first-order valence-electron chi connectivity index (χ1n) is 17.6. The van der Waals surface area contributed by atoms with Crippen molar-refractivity contribution in [2.45, 2.75) is 123 Å². The van der Waals surface area contributed by atoms with E-state index in [1.165, 1.54) is 12.8 Å². The molecule has 47 heavy (non-hydrogen) atoms. The van der Waals surface area contributed by atoms with E-state index in [1.807, 2.05) is 12.2 Å². The Bertz CT molecular complexity index is 1040. The Morgan fingerprint density at radius 1 is 0.362 bits per heavy atom. The number of carboxylic acids is 2. The van der Waals surface area contributed by atoms with E-state index in [-0.39, 0.29) is 12.8 Å². The second-order valence-corrected chi connectivity index (χ2v) is 10.7. The second-order valence-electron chi connectivity index (χ2n) is 10.7. The predicted octanol–water partition coefficient (Wildman–Crippen LogP) is 12.9. The summed E-state index contributed by atoms with van der Waals surface area (Å²) in [5, 5.41) is 17.0. The van der Waals surface area contributed by atoms with Crippen LogP contribution in [0.2, 0.25) is 0 Å². The summed E-state index contributed by atoms with van der Waals surface area (Å²) in [5.41, 5.74) is 0. The van der Waals surface area contributed by atoms with E-state index < -0.39 is 11.9 Å². The quantitative estimate of drug-likeness (QED) is 0.0656. The molecule has 0 rings (SSSR count). The van der Waals surface area contributed by atoms with Crippen LogP contribution in [-0.4, -0.2) is 22.2 Å². The fraction of sp³-hybridized carbons (Fsp3) is 0.442. The summed E-state index contributed by atoms with van der Waals surface area (Å²) in [6.45, 7) is 4.34. The maximum Gasteiger partial charge on any atom is 0.303 e. The average molecular weight is 645 g/mol. The smallest absolute Gasteiger partial charge is 0.303 e. The van der Waals surface area contributed by atoms with Crippen LogP contribution in [0.1, 0.15) is 123 Å². The van der Waals surface area contributed by atoms with Crippen LogP contribution in [0.4, 0.5) is 0 Å². The number of carbonyl (C=O) groups is 2. The summed E-state index contributed by atoms with van der Waals surface area (Å²) in [5.74, 6) is -1.46. The molecule has 0 bridgehead atoms. The van der Waals surface area contributed by atoms with Crippen molar-refractivity contribution in [3.63, 3.8) is 0 Å². The maximum absolute atomic E-state index is 10.3. The molecule has 0 aromatic rings. The molecule has 0 heterocycles. The van der Waals surface area contributed by atoms with Gasteiger partial charge in [-0.05, 0) is 89.9 Å². The molecule has 0 aromatic carbocycles. The predicted molar refractivity (Wildman–Crippen MR) is 206 cm³/mol. The van der Waals surface area contributed by atoms with E-state index in [0.29, 0.717) is 6.42 Å². The molecule has 0 spiro atoms. The van der Waals surface area contributed by atoms with Gasteiger partial charge in [-0.3, -0.25) is 9.59 Å². The van der Waals surface area contributed by atoms with Crippen LogP contribution in [0.25, 0.3) is 0 Å². The van der Waals surface area contributed by atoms with Gasteiger partial charge >= 0.3 is 11.9 Å². The van der Waals surface area contributed by atoms with Gasteiger partial charge < -0.3 is 10.2 Å². The molecule has 0 aromatic heterocycles. The van der Waals surface area contributed by atoms with Crippen molar-refractivity contribution in [1.29, 1.82) is 0 Å². The molecule has 4 nitrogen and oxygen atoms in total. The molecule has 260 valence electrons. The summed E-state index contributed by atoms with van der Waals surface area (Å²) in [7, 11) is 0. The molecular weight excluding hydrogens is 580 g/mol. The maximum atomic E-state index is 10.3. The molecule has 0 aliphatic carbocycles. The van der Waals surface area contributed by atoms with Crippen LogP contribution in [0.3, 0.4) is 0 Å². The number of aliphatic carboxylic acids is 2. The molecule has 0 fully saturated rings. The molecule has 0 saturated carbocycles. The van der Waals surface area contributed by atoms with E-state index in [1.54, 1.807) is 0 Å². The van der Waals surface area contributed by atoms with Gasteiger partial charge in [-0.25, -0.2) is 0 Å². The lowest BCUT2D eigenvalue weighted by atomic mass is 10.2. The first-order valence-corrected chi connectivity index (χ1v) is 17.6. The van der Waals surface area contributed by atoms with Crippen LogP contribution >= 0.6 is 0 Å². The minimum atomic E-state index is -0.741. The first kappa shape index (κ1) is 45.2. The van der Waals surface area contributed by atoms with Crippen molar-refractivity contribution >= 4 is 11.9 Å². The molecule has 0 radical (unpaired) electrons. The lowest BCUT2D eigenvalue weighted by molar-refractivity contribution is -0.138. The average Bonchev–Trinajstić information content (AvgIpc) is 3.05. The Morgan fingerprint density at radius 2 is 0.638 bits per heavy atom. The van der Waals surface area contributed by atoms with Gasteiger partial charge in [-0.15, -0.1) is 0 Å². The number of hydrogen-bond donors (Lipinski definition) is 2. The van der Waals surface area contributed by atoms with Gasteiger partial charge in [0.05, 0.1) is 0 Å². The molecule has 0 saturated heterocycles. The van der Waals surface area contributed by atoms with Gasteiger partial charge in [-0.2, -0.15) is 0 Å². The molecule has 2 N–H and O–H groups in total. The number of hydrogen-bond acceptors (Lipinski definition) is 2. The summed E-state index contributed by atoms with van der Waals surface area (Å²) >= 11 is 0. The minimum absolute atomic E-state index is 0.210. The summed E-state index contributed by atoms with van der Waals surface area (Å²) < 4.78 is 0. The molecular formula is C43H64O4. The van der Waals surface area contributed by atoms with Crippen LogP contribution < -0.4 is 0 Å². The first-order chi connectivity index (χ1) is 23.0. The lowest BCUT2D eigenvalue weighted by Gasteiger charge is -1.89. The number of allylic oxidation sites excluding steroid dienone is 22. The highest BCUT2D eigenvalue weighted by Gasteiger charge is 1.93. The van der Waals surface area contributed by atoms with Crippen molar-refractivity contribution in [1.82, 2.24) is 0 Å². The molecule has 4 heteroatoms. The minimum Gasteiger partial charge on any atom is -0.481 e. The van der Waals surface area contributed by atoms with Crippen molar-refractivity contribution in [3.05, 3.63) is 134 Å². The third-order valence-electron chi connectivity index (χ3n) is 6.26. The zero-order valence-corrected chi connectivity index (χ0v) is 29.4. The zero-order chi connectivity index (χ0) is 34.7. The van der Waals surface area contributed by atoms with E-state index in [0.717, 1.165) is 77.0 Å². The van der Waals surface area contributed by atoms with Crippen molar-refractivity contribution in [3.8, 4) is 0 Å². The van der Waals surface area contributed by atoms with Gasteiger partial charge in [0.2, 0.25) is 0 Å². The normalized spacial score (nSPS) is 12.9. The monoisotopic (exact) mass is 644 g/mol. The molecule has 0 amide bonds. The Morgan fingerprint density at radius 3 is 0.936 bits per heavy atom. The van der Waals surface area contributed by atoms with Gasteiger partial charge in [0, 0.05) is 12.8 Å². The second kappa shape index (κ2) is 42.1. The summed E-state index contributed by atoms with van der Waals surface area (Å²) in [4.78, 5) is 20.6. The Labute approximate surface area is 287 Å². The SMILES string of the molecule is CC/C=C\C/C=C\C/C=C\C/C=C\C/C=C\C/C=C\CCC(=O)O.CCC/C=C/C/C=C/C/C=C/C/C=C/C/C=C/CCCC(=O)O. The fourth-order valence-corrected chi connectivity index (χ4v) is 3.70. The topological polar surface area (TPSA) is 74.6 Å². The van der Waals surface area contributed by atoms with Crippen molar-refractivity contribution in [2.75, 3.05) is 0 Å².